The van der Waals surface area contributed by atoms with Crippen molar-refractivity contribution in [3.8, 4) is 0 Å². The molecular formula is C14H16N2O2S2. The second kappa shape index (κ2) is 5.54. The van der Waals surface area contributed by atoms with Gasteiger partial charge in [0.2, 0.25) is 0 Å². The second-order valence-electron chi connectivity index (χ2n) is 5.02. The van der Waals surface area contributed by atoms with Crippen molar-refractivity contribution in [3.05, 3.63) is 33.0 Å². The number of thiophene rings is 1. The molecule has 3 rings (SSSR count). The molecule has 1 unspecified atom stereocenters. The van der Waals surface area contributed by atoms with E-state index in [-0.39, 0.29) is 0 Å². The molecule has 1 aliphatic rings. The summed E-state index contributed by atoms with van der Waals surface area (Å²) in [6, 6.07) is 4.15. The monoisotopic (exact) mass is 308 g/mol. The summed E-state index contributed by atoms with van der Waals surface area (Å²) >= 11 is 3.37. The standard InChI is InChI=1S/C14H16N2O2S2/c1-16(8-9-4-3-7-19-9)14-15-12-10(13(17)18)5-2-6-11(12)20-14/h3-4,7,10H,2,5-6,8H2,1H3,(H,17,18). The Morgan fingerprint density at radius 1 is 1.60 bits per heavy atom. The number of aromatic nitrogens is 1. The Hall–Kier alpha value is -1.40. The van der Waals surface area contributed by atoms with Crippen molar-refractivity contribution < 1.29 is 9.90 Å². The molecule has 0 amide bonds. The summed E-state index contributed by atoms with van der Waals surface area (Å²) in [6.07, 6.45) is 2.62. The molecule has 0 aromatic carbocycles. The molecule has 0 saturated carbocycles. The van der Waals surface area contributed by atoms with E-state index in [1.807, 2.05) is 13.1 Å². The molecule has 0 aliphatic heterocycles. The normalized spacial score (nSPS) is 17.8. The maximum atomic E-state index is 11.3. The van der Waals surface area contributed by atoms with Crippen molar-refractivity contribution in [1.29, 1.82) is 0 Å². The SMILES string of the molecule is CN(Cc1cccs1)c1nc2c(s1)CCCC2C(=O)O. The highest BCUT2D eigenvalue weighted by Crippen LogP contribution is 2.38. The molecule has 1 N–H and O–H groups in total. The number of carbonyl (C=O) groups is 1. The number of hydrogen-bond acceptors (Lipinski definition) is 5. The van der Waals surface area contributed by atoms with Crippen molar-refractivity contribution in [2.45, 2.75) is 31.7 Å². The first-order valence-corrected chi connectivity index (χ1v) is 8.30. The van der Waals surface area contributed by atoms with Crippen LogP contribution in [-0.4, -0.2) is 23.1 Å². The summed E-state index contributed by atoms with van der Waals surface area (Å²) in [4.78, 5) is 20.4. The minimum Gasteiger partial charge on any atom is -0.481 e. The van der Waals surface area contributed by atoms with Crippen molar-refractivity contribution >= 4 is 33.8 Å². The average molecular weight is 308 g/mol. The van der Waals surface area contributed by atoms with Crippen LogP contribution < -0.4 is 4.90 Å². The van der Waals surface area contributed by atoms with E-state index in [1.54, 1.807) is 22.7 Å². The van der Waals surface area contributed by atoms with Gasteiger partial charge >= 0.3 is 5.97 Å². The van der Waals surface area contributed by atoms with Gasteiger partial charge in [-0.3, -0.25) is 4.79 Å². The van der Waals surface area contributed by atoms with Crippen LogP contribution in [0.25, 0.3) is 0 Å². The number of fused-ring (bicyclic) bond motifs is 1. The van der Waals surface area contributed by atoms with E-state index in [0.717, 1.165) is 35.1 Å². The minimum atomic E-state index is -0.747. The number of aryl methyl sites for hydroxylation is 1. The molecule has 0 bridgehead atoms. The van der Waals surface area contributed by atoms with E-state index in [0.29, 0.717) is 6.42 Å². The molecule has 6 heteroatoms. The summed E-state index contributed by atoms with van der Waals surface area (Å²) in [7, 11) is 2.01. The van der Waals surface area contributed by atoms with Gasteiger partial charge in [-0.15, -0.1) is 22.7 Å². The van der Waals surface area contributed by atoms with Gasteiger partial charge in [-0.25, -0.2) is 4.98 Å². The van der Waals surface area contributed by atoms with Crippen molar-refractivity contribution in [2.24, 2.45) is 0 Å². The lowest BCUT2D eigenvalue weighted by Crippen LogP contribution is -2.18. The Labute approximate surface area is 125 Å². The fraction of sp³-hybridized carbons (Fsp3) is 0.429. The van der Waals surface area contributed by atoms with Gasteiger partial charge in [-0.2, -0.15) is 0 Å². The van der Waals surface area contributed by atoms with E-state index in [2.05, 4.69) is 21.3 Å². The van der Waals surface area contributed by atoms with E-state index in [1.165, 1.54) is 4.88 Å². The van der Waals surface area contributed by atoms with Crippen LogP contribution >= 0.6 is 22.7 Å². The van der Waals surface area contributed by atoms with Gasteiger partial charge in [0.25, 0.3) is 0 Å². The second-order valence-corrected chi connectivity index (χ2v) is 7.12. The van der Waals surface area contributed by atoms with Crippen LogP contribution in [0, 0.1) is 0 Å². The van der Waals surface area contributed by atoms with Crippen LogP contribution in [0.2, 0.25) is 0 Å². The van der Waals surface area contributed by atoms with Gasteiger partial charge in [0.05, 0.1) is 12.2 Å². The van der Waals surface area contributed by atoms with Gasteiger partial charge in [0, 0.05) is 16.8 Å². The van der Waals surface area contributed by atoms with Gasteiger partial charge in [-0.1, -0.05) is 6.07 Å². The fourth-order valence-electron chi connectivity index (χ4n) is 2.51. The molecule has 2 aromatic rings. The number of hydrogen-bond donors (Lipinski definition) is 1. The van der Waals surface area contributed by atoms with Crippen LogP contribution in [0.3, 0.4) is 0 Å². The number of carboxylic acids is 1. The van der Waals surface area contributed by atoms with Crippen LogP contribution in [0.4, 0.5) is 5.13 Å². The highest BCUT2D eigenvalue weighted by Gasteiger charge is 2.30. The lowest BCUT2D eigenvalue weighted by atomic mass is 9.91. The summed E-state index contributed by atoms with van der Waals surface area (Å²) in [6.45, 7) is 0.821. The lowest BCUT2D eigenvalue weighted by Gasteiger charge is -2.16. The zero-order chi connectivity index (χ0) is 14.1. The maximum absolute atomic E-state index is 11.3. The quantitative estimate of drug-likeness (QED) is 0.941. The predicted octanol–water partition coefficient (Wildman–Crippen LogP) is 3.35. The first-order valence-electron chi connectivity index (χ1n) is 6.61. The summed E-state index contributed by atoms with van der Waals surface area (Å²) in [5.41, 5.74) is 0.793. The van der Waals surface area contributed by atoms with E-state index < -0.39 is 11.9 Å². The van der Waals surface area contributed by atoms with Crippen molar-refractivity contribution in [1.82, 2.24) is 4.98 Å². The summed E-state index contributed by atoms with van der Waals surface area (Å²) < 4.78 is 0. The largest absolute Gasteiger partial charge is 0.481 e. The van der Waals surface area contributed by atoms with E-state index >= 15 is 0 Å². The van der Waals surface area contributed by atoms with Crippen molar-refractivity contribution in [2.75, 3.05) is 11.9 Å². The Balaban J connectivity index is 1.83. The minimum absolute atomic E-state index is 0.418. The molecule has 2 aromatic heterocycles. The molecule has 106 valence electrons. The molecule has 4 nitrogen and oxygen atoms in total. The Kier molecular flexibility index (Phi) is 3.76. The molecule has 0 fully saturated rings. The van der Waals surface area contributed by atoms with Crippen LogP contribution in [0.1, 0.15) is 34.2 Å². The third kappa shape index (κ3) is 2.58. The maximum Gasteiger partial charge on any atom is 0.312 e. The predicted molar refractivity (Wildman–Crippen MR) is 81.9 cm³/mol. The zero-order valence-corrected chi connectivity index (χ0v) is 12.8. The zero-order valence-electron chi connectivity index (χ0n) is 11.2. The molecule has 1 atom stereocenters. The van der Waals surface area contributed by atoms with E-state index in [9.17, 15) is 9.90 Å². The fourth-order valence-corrected chi connectivity index (χ4v) is 4.39. The summed E-state index contributed by atoms with van der Waals surface area (Å²) in [5, 5.41) is 12.3. The topological polar surface area (TPSA) is 53.4 Å². The van der Waals surface area contributed by atoms with Gasteiger partial charge in [0.15, 0.2) is 5.13 Å². The smallest absolute Gasteiger partial charge is 0.312 e. The third-order valence-corrected chi connectivity index (χ3v) is 5.65. The molecule has 20 heavy (non-hydrogen) atoms. The van der Waals surface area contributed by atoms with Gasteiger partial charge in [0.1, 0.15) is 5.92 Å². The number of anilines is 1. The molecular weight excluding hydrogens is 292 g/mol. The molecule has 2 heterocycles. The number of carboxylic acid groups (broad SMARTS) is 1. The number of nitrogens with zero attached hydrogens (tertiary/aromatic N) is 2. The first-order chi connectivity index (χ1) is 9.65. The van der Waals surface area contributed by atoms with E-state index in [4.69, 9.17) is 0 Å². The Morgan fingerprint density at radius 2 is 2.45 bits per heavy atom. The molecule has 0 radical (unpaired) electrons. The summed E-state index contributed by atoms with van der Waals surface area (Å²) in [5.74, 6) is -1.16. The van der Waals surface area contributed by atoms with Gasteiger partial charge in [-0.05, 0) is 30.7 Å². The van der Waals surface area contributed by atoms with Crippen LogP contribution in [0.15, 0.2) is 17.5 Å². The third-order valence-electron chi connectivity index (χ3n) is 3.54. The number of thiazole rings is 1. The van der Waals surface area contributed by atoms with Crippen molar-refractivity contribution in [3.63, 3.8) is 0 Å². The lowest BCUT2D eigenvalue weighted by molar-refractivity contribution is -0.139. The average Bonchev–Trinajstić information content (AvgIpc) is 3.05. The van der Waals surface area contributed by atoms with Gasteiger partial charge < -0.3 is 10.0 Å². The Bertz CT molecular complexity index is 607. The molecule has 1 aliphatic carbocycles. The highest BCUT2D eigenvalue weighted by molar-refractivity contribution is 7.15. The Morgan fingerprint density at radius 3 is 3.15 bits per heavy atom. The number of aliphatic carboxylic acids is 1. The molecule has 0 saturated heterocycles. The van der Waals surface area contributed by atoms with Crippen LogP contribution in [0.5, 0.6) is 0 Å². The number of rotatable bonds is 4. The first kappa shape index (κ1) is 13.6. The molecule has 0 spiro atoms. The highest BCUT2D eigenvalue weighted by atomic mass is 32.1. The van der Waals surface area contributed by atoms with Crippen LogP contribution in [-0.2, 0) is 17.8 Å².